The third kappa shape index (κ3) is 3.28. The van der Waals surface area contributed by atoms with Crippen molar-refractivity contribution in [1.29, 1.82) is 0 Å². The van der Waals surface area contributed by atoms with Gasteiger partial charge in [0.25, 0.3) is 10.0 Å². The minimum absolute atomic E-state index is 0.0446. The van der Waals surface area contributed by atoms with Gasteiger partial charge in [0.1, 0.15) is 10.7 Å². The lowest BCUT2D eigenvalue weighted by Gasteiger charge is -2.21. The van der Waals surface area contributed by atoms with E-state index < -0.39 is 15.8 Å². The summed E-state index contributed by atoms with van der Waals surface area (Å²) < 4.78 is 41.8. The van der Waals surface area contributed by atoms with Gasteiger partial charge in [0, 0.05) is 23.1 Å². The van der Waals surface area contributed by atoms with E-state index in [-0.39, 0.29) is 22.5 Å². The zero-order chi connectivity index (χ0) is 18.4. The summed E-state index contributed by atoms with van der Waals surface area (Å²) in [5, 5.41) is 0. The molecule has 25 heavy (non-hydrogen) atoms. The number of fused-ring (bicyclic) bond motifs is 1. The fourth-order valence-corrected chi connectivity index (χ4v) is 5.23. The Morgan fingerprint density at radius 1 is 1.32 bits per heavy atom. The van der Waals surface area contributed by atoms with E-state index in [1.54, 1.807) is 11.0 Å². The monoisotopic (exact) mass is 426 g/mol. The summed E-state index contributed by atoms with van der Waals surface area (Å²) in [6.07, 6.45) is 0.647. The Balaban J connectivity index is 2.06. The molecule has 0 fully saturated rings. The zero-order valence-electron chi connectivity index (χ0n) is 13.6. The molecule has 1 atom stereocenters. The molecule has 0 aliphatic carbocycles. The fraction of sp³-hybridized carbons (Fsp3) is 0.235. The molecule has 0 bridgehead atoms. The Hall–Kier alpha value is -1.93. The minimum atomic E-state index is -4.03. The molecule has 0 radical (unpaired) electrons. The van der Waals surface area contributed by atoms with E-state index in [1.807, 2.05) is 6.92 Å². The minimum Gasteiger partial charge on any atom is -0.309 e. The standard InChI is InChI=1S/C17H16BrFN2O3S/c1-10-7-12-8-13(18)17(9-16(12)21(10)11(2)22)25(23,24)20-15-6-4-3-5-14(15)19/h3-6,8-10,20H,7H2,1-2H3/t10-/m1/s1. The summed E-state index contributed by atoms with van der Waals surface area (Å²) in [7, 11) is -4.03. The number of carbonyl (C=O) groups is 1. The van der Waals surface area contributed by atoms with E-state index in [0.29, 0.717) is 16.6 Å². The van der Waals surface area contributed by atoms with Crippen LogP contribution in [0.3, 0.4) is 0 Å². The number of hydrogen-bond acceptors (Lipinski definition) is 3. The maximum Gasteiger partial charge on any atom is 0.263 e. The molecule has 3 rings (SSSR count). The lowest BCUT2D eigenvalue weighted by atomic mass is 10.1. The first-order chi connectivity index (χ1) is 11.7. The van der Waals surface area contributed by atoms with Gasteiger partial charge in [0.2, 0.25) is 5.91 Å². The third-order valence-electron chi connectivity index (χ3n) is 4.10. The Labute approximate surface area is 154 Å². The topological polar surface area (TPSA) is 66.5 Å². The number of halogens is 2. The molecule has 132 valence electrons. The number of nitrogens with one attached hydrogen (secondary N) is 1. The van der Waals surface area contributed by atoms with Crippen molar-refractivity contribution in [3.63, 3.8) is 0 Å². The molecule has 1 amide bonds. The van der Waals surface area contributed by atoms with Gasteiger partial charge in [-0.3, -0.25) is 9.52 Å². The summed E-state index contributed by atoms with van der Waals surface area (Å²) in [5.74, 6) is -0.818. The smallest absolute Gasteiger partial charge is 0.263 e. The molecule has 8 heteroatoms. The molecule has 1 aliphatic heterocycles. The van der Waals surface area contributed by atoms with Gasteiger partial charge in [-0.05, 0) is 59.1 Å². The fourth-order valence-electron chi connectivity index (χ4n) is 3.05. The van der Waals surface area contributed by atoms with Gasteiger partial charge in [-0.1, -0.05) is 12.1 Å². The molecule has 0 spiro atoms. The van der Waals surface area contributed by atoms with Crippen molar-refractivity contribution in [3.8, 4) is 0 Å². The average Bonchev–Trinajstić information content (AvgIpc) is 2.83. The van der Waals surface area contributed by atoms with E-state index in [1.165, 1.54) is 37.3 Å². The maximum absolute atomic E-state index is 13.8. The van der Waals surface area contributed by atoms with Crippen LogP contribution in [0, 0.1) is 5.82 Å². The maximum atomic E-state index is 13.8. The average molecular weight is 427 g/mol. The van der Waals surface area contributed by atoms with E-state index >= 15 is 0 Å². The predicted molar refractivity (Wildman–Crippen MR) is 97.7 cm³/mol. The van der Waals surface area contributed by atoms with Gasteiger partial charge < -0.3 is 4.90 Å². The molecule has 1 aliphatic rings. The highest BCUT2D eigenvalue weighted by molar-refractivity contribution is 9.10. The molecule has 0 aromatic heterocycles. The summed E-state index contributed by atoms with van der Waals surface area (Å²) >= 11 is 3.28. The summed E-state index contributed by atoms with van der Waals surface area (Å²) in [6.45, 7) is 3.35. The molecule has 5 nitrogen and oxygen atoms in total. The molecule has 1 N–H and O–H groups in total. The predicted octanol–water partition coefficient (Wildman–Crippen LogP) is 3.69. The first-order valence-electron chi connectivity index (χ1n) is 7.60. The van der Waals surface area contributed by atoms with Crippen molar-refractivity contribution >= 4 is 43.2 Å². The second-order valence-electron chi connectivity index (χ2n) is 5.94. The Kier molecular flexibility index (Phi) is 4.59. The number of para-hydroxylation sites is 1. The van der Waals surface area contributed by atoms with Crippen LogP contribution in [0.4, 0.5) is 15.8 Å². The summed E-state index contributed by atoms with van der Waals surface area (Å²) in [4.78, 5) is 13.4. The number of amides is 1. The highest BCUT2D eigenvalue weighted by Gasteiger charge is 2.32. The third-order valence-corrected chi connectivity index (χ3v) is 6.42. The molecule has 2 aromatic carbocycles. The van der Waals surface area contributed by atoms with Crippen molar-refractivity contribution in [2.75, 3.05) is 9.62 Å². The number of hydrogen-bond donors (Lipinski definition) is 1. The van der Waals surface area contributed by atoms with Gasteiger partial charge in [0.05, 0.1) is 5.69 Å². The van der Waals surface area contributed by atoms with Crippen molar-refractivity contribution in [2.24, 2.45) is 0 Å². The lowest BCUT2D eigenvalue weighted by Crippen LogP contribution is -2.33. The molecular weight excluding hydrogens is 411 g/mol. The normalized spacial score (nSPS) is 16.6. The highest BCUT2D eigenvalue weighted by Crippen LogP contribution is 2.38. The number of carbonyl (C=O) groups excluding carboxylic acids is 1. The second kappa shape index (κ2) is 6.42. The van der Waals surface area contributed by atoms with E-state index in [9.17, 15) is 17.6 Å². The molecule has 1 heterocycles. The van der Waals surface area contributed by atoms with Gasteiger partial charge in [-0.2, -0.15) is 0 Å². The SMILES string of the molecule is CC(=O)N1c2cc(S(=O)(=O)Nc3ccccc3F)c(Br)cc2C[C@H]1C. The van der Waals surface area contributed by atoms with Crippen LogP contribution >= 0.6 is 15.9 Å². The second-order valence-corrected chi connectivity index (χ2v) is 8.44. The number of benzene rings is 2. The molecular formula is C17H16BrFN2O3S. The number of rotatable bonds is 3. The lowest BCUT2D eigenvalue weighted by molar-refractivity contribution is -0.116. The molecule has 0 saturated carbocycles. The van der Waals surface area contributed by atoms with Gasteiger partial charge in [0.15, 0.2) is 0 Å². The van der Waals surface area contributed by atoms with E-state index in [2.05, 4.69) is 20.7 Å². The Bertz CT molecular complexity index is 962. The first kappa shape index (κ1) is 17.9. The van der Waals surface area contributed by atoms with Crippen LogP contribution in [-0.2, 0) is 21.2 Å². The van der Waals surface area contributed by atoms with Crippen molar-refractivity contribution in [2.45, 2.75) is 31.2 Å². The van der Waals surface area contributed by atoms with E-state index in [4.69, 9.17) is 0 Å². The van der Waals surface area contributed by atoms with Crippen LogP contribution in [0.1, 0.15) is 19.4 Å². The van der Waals surface area contributed by atoms with Crippen LogP contribution in [-0.4, -0.2) is 20.4 Å². The van der Waals surface area contributed by atoms with Crippen LogP contribution in [0.2, 0.25) is 0 Å². The largest absolute Gasteiger partial charge is 0.309 e. The molecule has 2 aromatic rings. The van der Waals surface area contributed by atoms with Crippen LogP contribution in [0.15, 0.2) is 45.8 Å². The number of sulfonamides is 1. The first-order valence-corrected chi connectivity index (χ1v) is 9.88. The Morgan fingerprint density at radius 2 is 2.00 bits per heavy atom. The Morgan fingerprint density at radius 3 is 2.64 bits per heavy atom. The van der Waals surface area contributed by atoms with Gasteiger partial charge in [-0.25, -0.2) is 12.8 Å². The number of nitrogens with zero attached hydrogens (tertiary/aromatic N) is 1. The molecule has 0 saturated heterocycles. The quantitative estimate of drug-likeness (QED) is 0.813. The summed E-state index contributed by atoms with van der Waals surface area (Å²) in [6, 6.07) is 8.64. The van der Waals surface area contributed by atoms with Crippen molar-refractivity contribution < 1.29 is 17.6 Å². The van der Waals surface area contributed by atoms with Gasteiger partial charge in [-0.15, -0.1) is 0 Å². The van der Waals surface area contributed by atoms with Crippen LogP contribution in [0.25, 0.3) is 0 Å². The van der Waals surface area contributed by atoms with Crippen LogP contribution in [0.5, 0.6) is 0 Å². The van der Waals surface area contributed by atoms with E-state index in [0.717, 1.165) is 5.56 Å². The van der Waals surface area contributed by atoms with Crippen LogP contribution < -0.4 is 9.62 Å². The van der Waals surface area contributed by atoms with Crippen molar-refractivity contribution in [1.82, 2.24) is 0 Å². The van der Waals surface area contributed by atoms with Gasteiger partial charge >= 0.3 is 0 Å². The summed E-state index contributed by atoms with van der Waals surface area (Å²) in [5.41, 5.74) is 1.32. The number of anilines is 2. The van der Waals surface area contributed by atoms with Crippen molar-refractivity contribution in [3.05, 3.63) is 52.3 Å². The zero-order valence-corrected chi connectivity index (χ0v) is 16.0. The highest BCUT2D eigenvalue weighted by atomic mass is 79.9. The molecule has 0 unspecified atom stereocenters.